The van der Waals surface area contributed by atoms with Crippen molar-refractivity contribution < 1.29 is 13.2 Å². The Hall–Kier alpha value is -1.74. The van der Waals surface area contributed by atoms with E-state index in [1.54, 1.807) is 0 Å². The van der Waals surface area contributed by atoms with Crippen LogP contribution in [0.25, 0.3) is 0 Å². The Balaban J connectivity index is 2.28. The van der Waals surface area contributed by atoms with Crippen LogP contribution in [0.3, 0.4) is 0 Å². The Kier molecular flexibility index (Phi) is 4.98. The number of amides is 1. The van der Waals surface area contributed by atoms with Crippen molar-refractivity contribution in [2.75, 3.05) is 25.1 Å². The third-order valence-electron chi connectivity index (χ3n) is 1.91. The van der Waals surface area contributed by atoms with Gasteiger partial charge >= 0.3 is 0 Å². The van der Waals surface area contributed by atoms with Gasteiger partial charge in [-0.1, -0.05) is 0 Å². The predicted molar refractivity (Wildman–Crippen MR) is 66.2 cm³/mol. The molecule has 0 aliphatic carbocycles. The molecule has 4 N–H and O–H groups in total. The molecule has 0 aliphatic heterocycles. The molecular formula is C9H15N5O3S. The quantitative estimate of drug-likeness (QED) is 0.554. The van der Waals surface area contributed by atoms with E-state index in [1.165, 1.54) is 12.4 Å². The molecule has 1 aromatic heterocycles. The van der Waals surface area contributed by atoms with Gasteiger partial charge in [-0.05, 0) is 6.42 Å². The number of nitrogens with two attached hydrogens (primary N) is 1. The van der Waals surface area contributed by atoms with Crippen molar-refractivity contribution in [1.29, 1.82) is 0 Å². The molecule has 1 heterocycles. The van der Waals surface area contributed by atoms with Gasteiger partial charge in [0.1, 0.15) is 11.5 Å². The first-order valence-electron chi connectivity index (χ1n) is 5.19. The number of sulfonamides is 1. The molecule has 0 radical (unpaired) electrons. The van der Waals surface area contributed by atoms with Crippen molar-refractivity contribution in [2.45, 2.75) is 6.42 Å². The lowest BCUT2D eigenvalue weighted by molar-refractivity contribution is 0.0948. The van der Waals surface area contributed by atoms with Gasteiger partial charge in [-0.2, -0.15) is 0 Å². The molecule has 0 fully saturated rings. The summed E-state index contributed by atoms with van der Waals surface area (Å²) in [6, 6.07) is 0. The van der Waals surface area contributed by atoms with Crippen LogP contribution in [0, 0.1) is 0 Å². The van der Waals surface area contributed by atoms with E-state index in [0.717, 1.165) is 6.26 Å². The molecule has 18 heavy (non-hydrogen) atoms. The molecule has 9 heteroatoms. The van der Waals surface area contributed by atoms with Crippen molar-refractivity contribution in [3.05, 3.63) is 18.1 Å². The SMILES string of the molecule is CS(=O)(=O)NCCCNC(=O)c1cnc(N)cn1. The standard InChI is InChI=1S/C9H15N5O3S/c1-18(16,17)14-4-2-3-11-9(15)7-5-13-8(10)6-12-7/h5-6,14H,2-4H2,1H3,(H2,10,13)(H,11,15). The van der Waals surface area contributed by atoms with Crippen LogP contribution >= 0.6 is 0 Å². The monoisotopic (exact) mass is 273 g/mol. The first-order valence-corrected chi connectivity index (χ1v) is 7.08. The van der Waals surface area contributed by atoms with Crippen LogP contribution in [0.1, 0.15) is 16.9 Å². The number of rotatable bonds is 6. The molecule has 1 amide bonds. The summed E-state index contributed by atoms with van der Waals surface area (Å²) in [5.74, 6) is -0.134. The summed E-state index contributed by atoms with van der Waals surface area (Å²) in [6.07, 6.45) is 4.14. The highest BCUT2D eigenvalue weighted by molar-refractivity contribution is 7.88. The lowest BCUT2D eigenvalue weighted by Crippen LogP contribution is -2.29. The summed E-state index contributed by atoms with van der Waals surface area (Å²) in [5.41, 5.74) is 5.50. The van der Waals surface area contributed by atoms with Gasteiger partial charge < -0.3 is 11.1 Å². The van der Waals surface area contributed by atoms with E-state index in [0.29, 0.717) is 13.0 Å². The summed E-state index contributed by atoms with van der Waals surface area (Å²) >= 11 is 0. The van der Waals surface area contributed by atoms with Crippen LogP contribution in [0.4, 0.5) is 5.82 Å². The van der Waals surface area contributed by atoms with Crippen LogP contribution in [-0.2, 0) is 10.0 Å². The molecule has 0 spiro atoms. The minimum Gasteiger partial charge on any atom is -0.382 e. The summed E-state index contributed by atoms with van der Waals surface area (Å²) in [7, 11) is -3.18. The number of carbonyl (C=O) groups excluding carboxylic acids is 1. The fraction of sp³-hybridized carbons (Fsp3) is 0.444. The van der Waals surface area contributed by atoms with Gasteiger partial charge in [0, 0.05) is 13.1 Å². The van der Waals surface area contributed by atoms with E-state index < -0.39 is 10.0 Å². The minimum absolute atomic E-state index is 0.167. The first-order chi connectivity index (χ1) is 8.38. The van der Waals surface area contributed by atoms with Crippen molar-refractivity contribution in [3.63, 3.8) is 0 Å². The van der Waals surface area contributed by atoms with Crippen LogP contribution in [0.5, 0.6) is 0 Å². The molecule has 1 aromatic rings. The fourth-order valence-electron chi connectivity index (χ4n) is 1.09. The summed E-state index contributed by atoms with van der Waals surface area (Å²) in [4.78, 5) is 19.1. The van der Waals surface area contributed by atoms with Gasteiger partial charge in [0.15, 0.2) is 0 Å². The Morgan fingerprint density at radius 3 is 2.61 bits per heavy atom. The van der Waals surface area contributed by atoms with Gasteiger partial charge in [0.2, 0.25) is 10.0 Å². The second-order valence-electron chi connectivity index (χ2n) is 3.60. The largest absolute Gasteiger partial charge is 0.382 e. The van der Waals surface area contributed by atoms with Crippen molar-refractivity contribution in [2.24, 2.45) is 0 Å². The Labute approximate surface area is 105 Å². The van der Waals surface area contributed by atoms with Crippen molar-refractivity contribution in [3.8, 4) is 0 Å². The van der Waals surface area contributed by atoms with Crippen LogP contribution in [-0.4, -0.2) is 43.6 Å². The summed E-state index contributed by atoms with van der Waals surface area (Å²) in [6.45, 7) is 0.611. The molecule has 1 rings (SSSR count). The first kappa shape index (κ1) is 14.3. The van der Waals surface area contributed by atoms with Gasteiger partial charge in [0.05, 0.1) is 18.6 Å². The molecule has 0 saturated carbocycles. The molecule has 0 atom stereocenters. The van der Waals surface area contributed by atoms with Crippen LogP contribution < -0.4 is 15.8 Å². The number of nitrogens with one attached hydrogen (secondary N) is 2. The number of hydrogen-bond acceptors (Lipinski definition) is 6. The zero-order valence-electron chi connectivity index (χ0n) is 9.88. The second-order valence-corrected chi connectivity index (χ2v) is 5.44. The van der Waals surface area contributed by atoms with Crippen LogP contribution in [0.2, 0.25) is 0 Å². The van der Waals surface area contributed by atoms with Gasteiger partial charge in [-0.3, -0.25) is 4.79 Å². The van der Waals surface area contributed by atoms with E-state index in [4.69, 9.17) is 5.73 Å². The van der Waals surface area contributed by atoms with Crippen LogP contribution in [0.15, 0.2) is 12.4 Å². The number of aromatic nitrogens is 2. The zero-order chi connectivity index (χ0) is 13.6. The lowest BCUT2D eigenvalue weighted by Gasteiger charge is -2.05. The van der Waals surface area contributed by atoms with Gasteiger partial charge in [-0.25, -0.2) is 23.1 Å². The van der Waals surface area contributed by atoms with Gasteiger partial charge in [0.25, 0.3) is 5.91 Å². The second kappa shape index (κ2) is 6.26. The molecule has 0 aromatic carbocycles. The van der Waals surface area contributed by atoms with Crippen molar-refractivity contribution >= 4 is 21.7 Å². The topological polar surface area (TPSA) is 127 Å². The highest BCUT2D eigenvalue weighted by Crippen LogP contribution is 1.95. The fourth-order valence-corrected chi connectivity index (χ4v) is 1.61. The third-order valence-corrected chi connectivity index (χ3v) is 2.64. The number of anilines is 1. The molecule has 0 aliphatic rings. The van der Waals surface area contributed by atoms with Crippen molar-refractivity contribution in [1.82, 2.24) is 20.0 Å². The average molecular weight is 273 g/mol. The smallest absolute Gasteiger partial charge is 0.271 e. The summed E-state index contributed by atoms with van der Waals surface area (Å²) < 4.78 is 23.8. The van der Waals surface area contributed by atoms with E-state index in [2.05, 4.69) is 20.0 Å². The van der Waals surface area contributed by atoms with E-state index in [1.807, 2.05) is 0 Å². The number of hydrogen-bond donors (Lipinski definition) is 3. The van der Waals surface area contributed by atoms with Gasteiger partial charge in [-0.15, -0.1) is 0 Å². The Morgan fingerprint density at radius 2 is 2.06 bits per heavy atom. The highest BCUT2D eigenvalue weighted by Gasteiger charge is 2.06. The highest BCUT2D eigenvalue weighted by atomic mass is 32.2. The zero-order valence-corrected chi connectivity index (χ0v) is 10.7. The molecule has 0 saturated heterocycles. The van der Waals surface area contributed by atoms with E-state index >= 15 is 0 Å². The van der Waals surface area contributed by atoms with E-state index in [9.17, 15) is 13.2 Å². The maximum absolute atomic E-state index is 11.5. The molecule has 0 bridgehead atoms. The number of carbonyl (C=O) groups is 1. The Morgan fingerprint density at radius 1 is 1.33 bits per heavy atom. The maximum Gasteiger partial charge on any atom is 0.271 e. The maximum atomic E-state index is 11.5. The van der Waals surface area contributed by atoms with E-state index in [-0.39, 0.29) is 24.0 Å². The number of nitrogens with zero attached hydrogens (tertiary/aromatic N) is 2. The minimum atomic E-state index is -3.18. The molecule has 8 nitrogen and oxygen atoms in total. The normalized spacial score (nSPS) is 11.2. The Bertz CT molecular complexity index is 499. The predicted octanol–water partition coefficient (Wildman–Crippen LogP) is -1.27. The summed E-state index contributed by atoms with van der Waals surface area (Å²) in [5, 5.41) is 2.59. The average Bonchev–Trinajstić information content (AvgIpc) is 2.27. The lowest BCUT2D eigenvalue weighted by atomic mass is 10.4. The number of nitrogen functional groups attached to an aromatic ring is 1. The molecule has 0 unspecified atom stereocenters. The third kappa shape index (κ3) is 5.55. The molecular weight excluding hydrogens is 258 g/mol. The molecule has 100 valence electrons.